The minimum Gasteiger partial charge on any atom is -0.497 e. The summed E-state index contributed by atoms with van der Waals surface area (Å²) < 4.78 is 5.42. The number of benzene rings is 3. The van der Waals surface area contributed by atoms with E-state index in [9.17, 15) is 9.59 Å². The number of aryl methyl sites for hydroxylation is 1. The molecule has 3 aromatic carbocycles. The van der Waals surface area contributed by atoms with Crippen LogP contribution >= 0.6 is 0 Å². The molecule has 1 saturated carbocycles. The van der Waals surface area contributed by atoms with Crippen molar-refractivity contribution in [1.82, 2.24) is 10.2 Å². The van der Waals surface area contributed by atoms with Gasteiger partial charge in [-0.15, -0.1) is 0 Å². The van der Waals surface area contributed by atoms with Gasteiger partial charge in [0.15, 0.2) is 0 Å². The van der Waals surface area contributed by atoms with Crippen molar-refractivity contribution in [3.8, 4) is 5.75 Å². The zero-order valence-electron chi connectivity index (χ0n) is 21.8. The molecule has 5 heteroatoms. The van der Waals surface area contributed by atoms with Crippen LogP contribution in [0.5, 0.6) is 5.75 Å². The van der Waals surface area contributed by atoms with Gasteiger partial charge in [-0.3, -0.25) is 9.59 Å². The van der Waals surface area contributed by atoms with E-state index in [1.165, 1.54) is 6.42 Å². The lowest BCUT2D eigenvalue weighted by atomic mass is 9.94. The van der Waals surface area contributed by atoms with E-state index in [4.69, 9.17) is 4.74 Å². The Bertz CT molecular complexity index is 1130. The van der Waals surface area contributed by atoms with Crippen LogP contribution in [0.3, 0.4) is 0 Å². The molecule has 0 heterocycles. The Hall–Kier alpha value is -3.60. The van der Waals surface area contributed by atoms with E-state index in [1.54, 1.807) is 12.0 Å². The average Bonchev–Trinajstić information content (AvgIpc) is 2.95. The minimum absolute atomic E-state index is 0.0219. The molecule has 194 valence electrons. The van der Waals surface area contributed by atoms with Crippen LogP contribution in [0.1, 0.15) is 55.2 Å². The number of nitrogens with zero attached hydrogens (tertiary/aromatic N) is 1. The maximum absolute atomic E-state index is 13.8. The zero-order valence-corrected chi connectivity index (χ0v) is 21.8. The number of rotatable bonds is 11. The molecular formula is C32H38N2O3. The summed E-state index contributed by atoms with van der Waals surface area (Å²) in [5.41, 5.74) is 3.09. The summed E-state index contributed by atoms with van der Waals surface area (Å²) in [5.74, 6) is 0.651. The van der Waals surface area contributed by atoms with E-state index in [2.05, 4.69) is 5.32 Å². The van der Waals surface area contributed by atoms with E-state index in [1.807, 2.05) is 84.9 Å². The number of ether oxygens (including phenoxy) is 1. The van der Waals surface area contributed by atoms with Gasteiger partial charge < -0.3 is 15.0 Å². The predicted molar refractivity (Wildman–Crippen MR) is 147 cm³/mol. The monoisotopic (exact) mass is 498 g/mol. The molecule has 0 aromatic heterocycles. The van der Waals surface area contributed by atoms with Crippen molar-refractivity contribution >= 4 is 11.8 Å². The summed E-state index contributed by atoms with van der Waals surface area (Å²) >= 11 is 0. The quantitative estimate of drug-likeness (QED) is 0.368. The lowest BCUT2D eigenvalue weighted by molar-refractivity contribution is -0.141. The van der Waals surface area contributed by atoms with Crippen LogP contribution in [0.25, 0.3) is 0 Å². The molecule has 1 atom stereocenters. The first-order valence-electron chi connectivity index (χ1n) is 13.4. The van der Waals surface area contributed by atoms with Crippen LogP contribution in [0.2, 0.25) is 0 Å². The van der Waals surface area contributed by atoms with Gasteiger partial charge in [0, 0.05) is 25.4 Å². The molecule has 1 N–H and O–H groups in total. The molecule has 1 aliphatic carbocycles. The first kappa shape index (κ1) is 26.5. The Morgan fingerprint density at radius 1 is 0.865 bits per heavy atom. The summed E-state index contributed by atoms with van der Waals surface area (Å²) in [7, 11) is 1.64. The van der Waals surface area contributed by atoms with Gasteiger partial charge in [-0.2, -0.15) is 0 Å². The summed E-state index contributed by atoms with van der Waals surface area (Å²) in [6.45, 7) is 0.348. The highest BCUT2D eigenvalue weighted by Gasteiger charge is 2.31. The maximum Gasteiger partial charge on any atom is 0.243 e. The van der Waals surface area contributed by atoms with Gasteiger partial charge in [-0.25, -0.2) is 0 Å². The summed E-state index contributed by atoms with van der Waals surface area (Å²) in [6.07, 6.45) is 6.95. The van der Waals surface area contributed by atoms with Crippen LogP contribution in [-0.2, 0) is 29.0 Å². The van der Waals surface area contributed by atoms with Gasteiger partial charge in [0.1, 0.15) is 11.8 Å². The molecule has 0 unspecified atom stereocenters. The molecule has 5 nitrogen and oxygen atoms in total. The molecule has 0 bridgehead atoms. The minimum atomic E-state index is -0.598. The topological polar surface area (TPSA) is 58.6 Å². The number of methoxy groups -OCH3 is 1. The summed E-state index contributed by atoms with van der Waals surface area (Å²) in [5, 5.41) is 3.30. The molecule has 0 aliphatic heterocycles. The normalized spacial score (nSPS) is 14.5. The second-order valence-electron chi connectivity index (χ2n) is 9.91. The van der Waals surface area contributed by atoms with Crippen LogP contribution in [0, 0.1) is 0 Å². The van der Waals surface area contributed by atoms with Gasteiger partial charge in [0.05, 0.1) is 7.11 Å². The van der Waals surface area contributed by atoms with E-state index >= 15 is 0 Å². The highest BCUT2D eigenvalue weighted by atomic mass is 16.5. The van der Waals surface area contributed by atoms with E-state index < -0.39 is 6.04 Å². The Balaban J connectivity index is 1.61. The maximum atomic E-state index is 13.8. The van der Waals surface area contributed by atoms with Crippen LogP contribution in [-0.4, -0.2) is 35.9 Å². The van der Waals surface area contributed by atoms with Gasteiger partial charge in [0.25, 0.3) is 0 Å². The van der Waals surface area contributed by atoms with Gasteiger partial charge >= 0.3 is 0 Å². The number of carbonyl (C=O) groups excluding carboxylic acids is 2. The second kappa shape index (κ2) is 13.6. The number of nitrogens with one attached hydrogen (secondary N) is 1. The predicted octanol–water partition coefficient (Wildman–Crippen LogP) is 5.72. The fourth-order valence-corrected chi connectivity index (χ4v) is 5.11. The van der Waals surface area contributed by atoms with Crippen molar-refractivity contribution in [2.45, 2.75) is 70.0 Å². The van der Waals surface area contributed by atoms with Crippen molar-refractivity contribution in [1.29, 1.82) is 0 Å². The van der Waals surface area contributed by atoms with Crippen molar-refractivity contribution in [3.63, 3.8) is 0 Å². The van der Waals surface area contributed by atoms with Crippen molar-refractivity contribution in [2.24, 2.45) is 0 Å². The number of hydrogen-bond acceptors (Lipinski definition) is 3. The Kier molecular flexibility index (Phi) is 9.75. The van der Waals surface area contributed by atoms with Gasteiger partial charge in [-0.1, -0.05) is 92.1 Å². The summed E-state index contributed by atoms with van der Waals surface area (Å²) in [4.78, 5) is 29.4. The third kappa shape index (κ3) is 7.94. The first-order chi connectivity index (χ1) is 18.1. The van der Waals surface area contributed by atoms with E-state index in [0.29, 0.717) is 25.8 Å². The van der Waals surface area contributed by atoms with E-state index in [0.717, 1.165) is 48.1 Å². The number of hydrogen-bond donors (Lipinski definition) is 1. The highest BCUT2D eigenvalue weighted by molar-refractivity contribution is 5.88. The Morgan fingerprint density at radius 2 is 1.51 bits per heavy atom. The third-order valence-corrected chi connectivity index (χ3v) is 7.18. The van der Waals surface area contributed by atoms with Crippen LogP contribution in [0.4, 0.5) is 0 Å². The molecular weight excluding hydrogens is 460 g/mol. The molecule has 1 fully saturated rings. The first-order valence-corrected chi connectivity index (χ1v) is 13.4. The van der Waals surface area contributed by atoms with Crippen molar-refractivity contribution < 1.29 is 14.3 Å². The SMILES string of the molecule is COc1cccc(CN(C(=O)CCc2ccccc2)[C@@H](Cc2ccccc2)C(=O)NC2CCCCC2)c1. The molecule has 4 rings (SSSR count). The average molecular weight is 499 g/mol. The Morgan fingerprint density at radius 3 is 2.19 bits per heavy atom. The van der Waals surface area contributed by atoms with Gasteiger partial charge in [0.2, 0.25) is 11.8 Å². The van der Waals surface area contributed by atoms with Crippen molar-refractivity contribution in [3.05, 3.63) is 102 Å². The molecule has 2 amide bonds. The smallest absolute Gasteiger partial charge is 0.243 e. The molecule has 37 heavy (non-hydrogen) atoms. The van der Waals surface area contributed by atoms with Crippen LogP contribution in [0.15, 0.2) is 84.9 Å². The molecule has 0 saturated heterocycles. The van der Waals surface area contributed by atoms with E-state index in [-0.39, 0.29) is 17.9 Å². The fraction of sp³-hybridized carbons (Fsp3) is 0.375. The standard InChI is InChI=1S/C32H38N2O3/c1-37-29-19-11-16-27(22-29)24-34(31(35)21-20-25-12-5-2-6-13-25)30(23-26-14-7-3-8-15-26)32(36)33-28-17-9-4-10-18-28/h2-3,5-8,11-16,19,22,28,30H,4,9-10,17-18,20-21,23-24H2,1H3,(H,33,36)/t30-/m0/s1. The number of carbonyl (C=O) groups is 2. The van der Waals surface area contributed by atoms with Crippen molar-refractivity contribution in [2.75, 3.05) is 7.11 Å². The number of amides is 2. The highest BCUT2D eigenvalue weighted by Crippen LogP contribution is 2.22. The fourth-order valence-electron chi connectivity index (χ4n) is 5.11. The largest absolute Gasteiger partial charge is 0.497 e. The zero-order chi connectivity index (χ0) is 25.9. The summed E-state index contributed by atoms with van der Waals surface area (Å²) in [6, 6.07) is 27.3. The molecule has 3 aromatic rings. The lowest BCUT2D eigenvalue weighted by Crippen LogP contribution is -2.52. The third-order valence-electron chi connectivity index (χ3n) is 7.18. The molecule has 0 radical (unpaired) electrons. The molecule has 1 aliphatic rings. The van der Waals surface area contributed by atoms with Gasteiger partial charge in [-0.05, 0) is 48.1 Å². The Labute approximate surface area is 220 Å². The van der Waals surface area contributed by atoms with Crippen LogP contribution < -0.4 is 10.1 Å². The second-order valence-corrected chi connectivity index (χ2v) is 9.91. The lowest BCUT2D eigenvalue weighted by Gasteiger charge is -2.33. The molecule has 0 spiro atoms.